The Morgan fingerprint density at radius 1 is 0.596 bits per heavy atom. The van der Waals surface area contributed by atoms with E-state index in [1.807, 2.05) is 24.5 Å². The molecule has 7 rings (SSSR count). The van der Waals surface area contributed by atoms with E-state index in [-0.39, 0.29) is 22.4 Å². The molecule has 0 spiro atoms. The zero-order valence-corrected chi connectivity index (χ0v) is 30.8. The van der Waals surface area contributed by atoms with Gasteiger partial charge in [0.2, 0.25) is 0 Å². The summed E-state index contributed by atoms with van der Waals surface area (Å²) in [5.41, 5.74) is 12.4. The van der Waals surface area contributed by atoms with Crippen LogP contribution in [0.4, 0.5) is 0 Å². The number of imidazole rings is 1. The summed E-state index contributed by atoms with van der Waals surface area (Å²) >= 11 is 0. The molecule has 0 saturated carbocycles. The predicted molar refractivity (Wildman–Crippen MR) is 190 cm³/mol. The Kier molecular flexibility index (Phi) is 10.5. The molecule has 4 heterocycles. The Morgan fingerprint density at radius 2 is 1.06 bits per heavy atom. The van der Waals surface area contributed by atoms with Crippen LogP contribution in [-0.2, 0) is 22.4 Å². The summed E-state index contributed by atoms with van der Waals surface area (Å²) in [5.74, 6) is 1.71. The van der Waals surface area contributed by atoms with Crippen LogP contribution in [-0.4, -0.2) is 14.5 Å². The van der Waals surface area contributed by atoms with Crippen LogP contribution in [0.15, 0.2) is 97.6 Å². The Labute approximate surface area is 294 Å². The second-order valence-electron chi connectivity index (χ2n) is 13.3. The Bertz CT molecular complexity index is 1930. The first-order chi connectivity index (χ1) is 22.2. The van der Waals surface area contributed by atoms with Gasteiger partial charge in [0.15, 0.2) is 0 Å². The quantitative estimate of drug-likeness (QED) is 0.0956. The maximum absolute atomic E-state index is 4.44. The van der Waals surface area contributed by atoms with Crippen LogP contribution in [0.5, 0.6) is 0 Å². The van der Waals surface area contributed by atoms with Crippen LogP contribution in [0.1, 0.15) is 101 Å². The van der Waals surface area contributed by atoms with E-state index in [9.17, 15) is 0 Å². The molecule has 0 atom stereocenters. The summed E-state index contributed by atoms with van der Waals surface area (Å²) in [7, 11) is 0. The third-order valence-corrected chi connectivity index (χ3v) is 8.82. The molecule has 0 fully saturated rings. The number of hydrogen-bond acceptors (Lipinski definition) is 2. The fourth-order valence-corrected chi connectivity index (χ4v) is 6.44. The van der Waals surface area contributed by atoms with Crippen molar-refractivity contribution in [2.45, 2.75) is 79.1 Å². The molecule has 4 aromatic heterocycles. The van der Waals surface area contributed by atoms with Crippen LogP contribution in [0.2, 0.25) is 0 Å². The molecule has 1 radical (unpaired) electrons. The molecule has 0 aliphatic carbocycles. The van der Waals surface area contributed by atoms with Gasteiger partial charge in [-0.1, -0.05) is 128 Å². The van der Waals surface area contributed by atoms with Gasteiger partial charge in [-0.15, -0.1) is 11.0 Å². The van der Waals surface area contributed by atoms with E-state index >= 15 is 0 Å². The van der Waals surface area contributed by atoms with Gasteiger partial charge in [0.1, 0.15) is 0 Å². The Balaban J connectivity index is 0.000000256. The minimum Gasteiger partial charge on any atom is -0.657 e. The maximum Gasteiger partial charge on any atom is 0.269 e. The standard InChI is InChI=1S/C31H38N2.C10H6N3.Au/c1-20(2)24-13-11-14-25(21(3)4)30(24)32-19-33(29-18-10-9-17-28(29)32)31-26(22(5)6)15-12-16-27(31)23(7)8;1-3-11-5-7-8-6-12-4-2-10(8)13-9(1)7;/h9-18,20-23H,1-8H3;1-6H;/q;-1;. The summed E-state index contributed by atoms with van der Waals surface area (Å²) < 4.78 is 4.64. The molecular weight excluding hydrogens is 759 g/mol. The van der Waals surface area contributed by atoms with Crippen molar-refractivity contribution in [3.63, 3.8) is 0 Å². The van der Waals surface area contributed by atoms with Gasteiger partial charge in [-0.3, -0.25) is 19.1 Å². The topological polar surface area (TPSA) is 48.7 Å². The van der Waals surface area contributed by atoms with Gasteiger partial charge in [0.25, 0.3) is 6.33 Å². The minimum absolute atomic E-state index is 0. The summed E-state index contributed by atoms with van der Waals surface area (Å²) in [6.45, 7) is 18.3. The van der Waals surface area contributed by atoms with Crippen LogP contribution in [0.3, 0.4) is 0 Å². The molecule has 0 aliphatic heterocycles. The van der Waals surface area contributed by atoms with Crippen molar-refractivity contribution < 1.29 is 26.9 Å². The smallest absolute Gasteiger partial charge is 0.269 e. The monoisotopic (exact) mass is 803 g/mol. The van der Waals surface area contributed by atoms with Crippen molar-refractivity contribution in [3.8, 4) is 11.4 Å². The molecule has 245 valence electrons. The van der Waals surface area contributed by atoms with E-state index in [1.54, 1.807) is 12.4 Å². The second-order valence-corrected chi connectivity index (χ2v) is 13.3. The predicted octanol–water partition coefficient (Wildman–Crippen LogP) is 9.94. The van der Waals surface area contributed by atoms with Crippen molar-refractivity contribution in [1.29, 1.82) is 0 Å². The van der Waals surface area contributed by atoms with Gasteiger partial charge in [-0.25, -0.2) is 0 Å². The Morgan fingerprint density at radius 3 is 1.55 bits per heavy atom. The van der Waals surface area contributed by atoms with E-state index in [0.29, 0.717) is 23.7 Å². The number of fused-ring (bicyclic) bond motifs is 4. The third-order valence-electron chi connectivity index (χ3n) is 8.82. The van der Waals surface area contributed by atoms with Gasteiger partial charge in [-0.05, 0) is 56.7 Å². The van der Waals surface area contributed by atoms with E-state index in [0.717, 1.165) is 21.8 Å². The SMILES string of the molecule is CC(C)c1cccc(C(C)C)c1-n1[c-][n+](-c2c(C(C)C)cccc2C(C)C)c2ccccc21.[Au].c1cc2[n-]c3ccncc3c2cn1. The van der Waals surface area contributed by atoms with Crippen molar-refractivity contribution in [3.05, 3.63) is 126 Å². The van der Waals surface area contributed by atoms with Gasteiger partial charge in [0.05, 0.1) is 22.4 Å². The van der Waals surface area contributed by atoms with Crippen LogP contribution >= 0.6 is 0 Å². The molecule has 7 aromatic rings. The molecule has 3 aromatic carbocycles. The van der Waals surface area contributed by atoms with E-state index in [4.69, 9.17) is 0 Å². The fourth-order valence-electron chi connectivity index (χ4n) is 6.44. The van der Waals surface area contributed by atoms with E-state index < -0.39 is 0 Å². The average Bonchev–Trinajstić information content (AvgIpc) is 3.63. The molecule has 6 heteroatoms. The van der Waals surface area contributed by atoms with E-state index in [2.05, 4.69) is 146 Å². The molecule has 0 unspecified atom stereocenters. The first-order valence-electron chi connectivity index (χ1n) is 16.5. The number of benzene rings is 3. The number of rotatable bonds is 6. The second kappa shape index (κ2) is 14.4. The molecule has 0 aliphatic rings. The molecule has 0 saturated heterocycles. The molecule has 5 nitrogen and oxygen atoms in total. The summed E-state index contributed by atoms with van der Waals surface area (Å²) in [4.78, 5) is 12.6. The number of para-hydroxylation sites is 4. The zero-order valence-electron chi connectivity index (χ0n) is 28.6. The van der Waals surface area contributed by atoms with E-state index in [1.165, 1.54) is 44.7 Å². The van der Waals surface area contributed by atoms with Crippen LogP contribution in [0, 0.1) is 6.33 Å². The minimum atomic E-state index is 0. The fraction of sp³-hybridized carbons (Fsp3) is 0.293. The van der Waals surface area contributed by atoms with Crippen molar-refractivity contribution in [2.24, 2.45) is 0 Å². The van der Waals surface area contributed by atoms with Gasteiger partial charge in [-0.2, -0.15) is 0 Å². The summed E-state index contributed by atoms with van der Waals surface area (Å²) in [6.07, 6.45) is 11.0. The Hall–Kier alpha value is -4.03. The van der Waals surface area contributed by atoms with Gasteiger partial charge < -0.3 is 4.98 Å². The number of hydrogen-bond donors (Lipinski definition) is 0. The van der Waals surface area contributed by atoms with Gasteiger partial charge in [0, 0.05) is 47.2 Å². The zero-order chi connectivity index (χ0) is 32.5. The molecular formula is C41H44AuN5-. The van der Waals surface area contributed by atoms with Crippen molar-refractivity contribution in [2.75, 3.05) is 0 Å². The maximum atomic E-state index is 4.44. The first-order valence-corrected chi connectivity index (χ1v) is 16.5. The largest absolute Gasteiger partial charge is 0.657 e. The molecule has 47 heavy (non-hydrogen) atoms. The normalized spacial score (nSPS) is 11.6. The van der Waals surface area contributed by atoms with Crippen molar-refractivity contribution >= 4 is 32.8 Å². The first kappa shape index (κ1) is 34.3. The number of nitrogens with zero attached hydrogens (tertiary/aromatic N) is 5. The molecule has 0 amide bonds. The van der Waals surface area contributed by atoms with Crippen molar-refractivity contribution in [1.82, 2.24) is 19.5 Å². The number of pyridine rings is 2. The van der Waals surface area contributed by atoms with Gasteiger partial charge >= 0.3 is 0 Å². The summed E-state index contributed by atoms with van der Waals surface area (Å²) in [6, 6.07) is 26.1. The molecule has 0 N–H and O–H groups in total. The molecule has 0 bridgehead atoms. The summed E-state index contributed by atoms with van der Waals surface area (Å²) in [5, 5.41) is 2.15. The number of aromatic nitrogens is 5. The average molecular weight is 804 g/mol. The van der Waals surface area contributed by atoms with Crippen LogP contribution in [0.25, 0.3) is 44.2 Å². The third kappa shape index (κ3) is 6.58. The van der Waals surface area contributed by atoms with Crippen LogP contribution < -0.4 is 9.55 Å².